The summed E-state index contributed by atoms with van der Waals surface area (Å²) in [6.07, 6.45) is 24.7. The lowest BCUT2D eigenvalue weighted by Gasteiger charge is -2.06. The first kappa shape index (κ1) is 26.4. The third-order valence-electron chi connectivity index (χ3n) is 5.08. The van der Waals surface area contributed by atoms with Crippen LogP contribution in [0, 0.1) is 11.3 Å². The minimum atomic E-state index is -0.344. The predicted octanol–water partition coefficient (Wildman–Crippen LogP) is 7.82. The van der Waals surface area contributed by atoms with E-state index in [2.05, 4.69) is 13.5 Å². The van der Waals surface area contributed by atoms with Gasteiger partial charge in [-0.25, -0.2) is 4.79 Å². The van der Waals surface area contributed by atoms with Gasteiger partial charge in [0.2, 0.25) is 0 Å². The fourth-order valence-electron chi connectivity index (χ4n) is 3.25. The fourth-order valence-corrected chi connectivity index (χ4v) is 3.25. The highest BCUT2D eigenvalue weighted by Gasteiger charge is 2.06. The van der Waals surface area contributed by atoms with Gasteiger partial charge in [0.25, 0.3) is 0 Å². The largest absolute Gasteiger partial charge is 0.462 e. The molecule has 3 nitrogen and oxygen atoms in total. The highest BCUT2D eigenvalue weighted by Crippen LogP contribution is 2.13. The molecule has 0 atom stereocenters. The van der Waals surface area contributed by atoms with E-state index in [1.807, 2.05) is 6.07 Å². The molecule has 0 aliphatic heterocycles. The Morgan fingerprint density at radius 2 is 1.25 bits per heavy atom. The Labute approximate surface area is 174 Å². The molecular weight excluding hydrogens is 346 g/mol. The van der Waals surface area contributed by atoms with Crippen LogP contribution in [0.4, 0.5) is 0 Å². The summed E-state index contributed by atoms with van der Waals surface area (Å²) in [6.45, 7) is 6.43. The lowest BCUT2D eigenvalue weighted by atomic mass is 10.0. The van der Waals surface area contributed by atoms with Crippen LogP contribution in [0.1, 0.15) is 116 Å². The summed E-state index contributed by atoms with van der Waals surface area (Å²) in [5.74, 6) is -0.344. The number of rotatable bonds is 20. The molecular formula is C25H43NO2. The van der Waals surface area contributed by atoms with Crippen molar-refractivity contribution in [2.45, 2.75) is 116 Å². The SMILES string of the molecule is C=C(CC=CC#N)C(=O)OCCCCCCCCCCCCCCCCCC. The van der Waals surface area contributed by atoms with E-state index in [9.17, 15) is 4.79 Å². The molecule has 28 heavy (non-hydrogen) atoms. The van der Waals surface area contributed by atoms with E-state index in [1.54, 1.807) is 6.08 Å². The number of carbonyl (C=O) groups is 1. The summed E-state index contributed by atoms with van der Waals surface area (Å²) < 4.78 is 5.20. The highest BCUT2D eigenvalue weighted by atomic mass is 16.5. The van der Waals surface area contributed by atoms with Gasteiger partial charge in [0, 0.05) is 11.6 Å². The number of unbranched alkanes of at least 4 members (excludes halogenated alkanes) is 15. The van der Waals surface area contributed by atoms with Crippen LogP contribution >= 0.6 is 0 Å². The third kappa shape index (κ3) is 19.2. The number of allylic oxidation sites excluding steroid dienone is 2. The smallest absolute Gasteiger partial charge is 0.333 e. The maximum absolute atomic E-state index is 11.7. The zero-order valence-electron chi connectivity index (χ0n) is 18.4. The van der Waals surface area contributed by atoms with Crippen molar-refractivity contribution in [2.75, 3.05) is 6.61 Å². The highest BCUT2D eigenvalue weighted by molar-refractivity contribution is 5.87. The van der Waals surface area contributed by atoms with Crippen molar-refractivity contribution in [3.8, 4) is 6.07 Å². The zero-order valence-corrected chi connectivity index (χ0v) is 18.4. The van der Waals surface area contributed by atoms with Crippen LogP contribution in [-0.2, 0) is 9.53 Å². The molecule has 160 valence electrons. The number of nitriles is 1. The molecule has 0 spiro atoms. The van der Waals surface area contributed by atoms with Gasteiger partial charge in [0.05, 0.1) is 12.7 Å². The standard InChI is InChI=1S/C25H43NO2/c1-3-4-5-6-7-8-9-10-11-12-13-14-15-16-17-20-23-28-25(27)24(2)21-18-19-22-26/h18-19H,2-17,20-21,23H2,1H3. The molecule has 0 fully saturated rings. The predicted molar refractivity (Wildman–Crippen MR) is 119 cm³/mol. The van der Waals surface area contributed by atoms with Crippen molar-refractivity contribution in [3.05, 3.63) is 24.3 Å². The Bertz CT molecular complexity index is 448. The summed E-state index contributed by atoms with van der Waals surface area (Å²) in [5, 5.41) is 8.40. The molecule has 0 amide bonds. The number of ether oxygens (including phenoxy) is 1. The number of esters is 1. The van der Waals surface area contributed by atoms with Crippen LogP contribution in [0.2, 0.25) is 0 Å². The second-order valence-corrected chi connectivity index (χ2v) is 7.78. The van der Waals surface area contributed by atoms with E-state index in [-0.39, 0.29) is 5.97 Å². The first-order valence-electron chi connectivity index (χ1n) is 11.6. The van der Waals surface area contributed by atoms with E-state index in [0.717, 1.165) is 12.8 Å². The van der Waals surface area contributed by atoms with E-state index >= 15 is 0 Å². The van der Waals surface area contributed by atoms with Crippen molar-refractivity contribution >= 4 is 5.97 Å². The van der Waals surface area contributed by atoms with Crippen LogP contribution in [0.25, 0.3) is 0 Å². The van der Waals surface area contributed by atoms with Crippen LogP contribution in [0.15, 0.2) is 24.3 Å². The molecule has 0 heterocycles. The summed E-state index contributed by atoms with van der Waals surface area (Å²) in [5.41, 5.74) is 0.406. The number of carbonyl (C=O) groups excluding carboxylic acids is 1. The molecule has 0 aliphatic rings. The van der Waals surface area contributed by atoms with Gasteiger partial charge in [-0.1, -0.05) is 116 Å². The summed E-state index contributed by atoms with van der Waals surface area (Å²) in [6, 6.07) is 1.89. The van der Waals surface area contributed by atoms with Crippen LogP contribution in [0.3, 0.4) is 0 Å². The van der Waals surface area contributed by atoms with E-state index in [1.165, 1.54) is 96.0 Å². The minimum Gasteiger partial charge on any atom is -0.462 e. The van der Waals surface area contributed by atoms with Crippen LogP contribution < -0.4 is 0 Å². The van der Waals surface area contributed by atoms with Crippen LogP contribution in [0.5, 0.6) is 0 Å². The summed E-state index contributed by atoms with van der Waals surface area (Å²) in [7, 11) is 0. The molecule has 0 rings (SSSR count). The maximum atomic E-state index is 11.7. The van der Waals surface area contributed by atoms with Crippen molar-refractivity contribution in [1.82, 2.24) is 0 Å². The zero-order chi connectivity index (χ0) is 20.7. The molecule has 0 unspecified atom stereocenters. The monoisotopic (exact) mass is 389 g/mol. The van der Waals surface area contributed by atoms with Crippen LogP contribution in [-0.4, -0.2) is 12.6 Å². The topological polar surface area (TPSA) is 50.1 Å². The lowest BCUT2D eigenvalue weighted by Crippen LogP contribution is -2.07. The number of hydrogen-bond acceptors (Lipinski definition) is 3. The Kier molecular flexibility index (Phi) is 20.5. The summed E-state index contributed by atoms with van der Waals surface area (Å²) >= 11 is 0. The first-order chi connectivity index (χ1) is 13.7. The van der Waals surface area contributed by atoms with Crippen molar-refractivity contribution in [1.29, 1.82) is 5.26 Å². The third-order valence-corrected chi connectivity index (χ3v) is 5.08. The van der Waals surface area contributed by atoms with Gasteiger partial charge in [-0.3, -0.25) is 0 Å². The van der Waals surface area contributed by atoms with Gasteiger partial charge in [0.15, 0.2) is 0 Å². The number of nitrogens with zero attached hydrogens (tertiary/aromatic N) is 1. The molecule has 0 N–H and O–H groups in total. The van der Waals surface area contributed by atoms with E-state index in [0.29, 0.717) is 18.6 Å². The van der Waals surface area contributed by atoms with E-state index in [4.69, 9.17) is 10.00 Å². The molecule has 0 bridgehead atoms. The minimum absolute atomic E-state index is 0.344. The van der Waals surface area contributed by atoms with Crippen molar-refractivity contribution in [2.24, 2.45) is 0 Å². The van der Waals surface area contributed by atoms with Gasteiger partial charge in [0.1, 0.15) is 0 Å². The van der Waals surface area contributed by atoms with Gasteiger partial charge in [-0.2, -0.15) is 5.26 Å². The van der Waals surface area contributed by atoms with Gasteiger partial charge in [-0.15, -0.1) is 0 Å². The number of hydrogen-bond donors (Lipinski definition) is 0. The lowest BCUT2D eigenvalue weighted by molar-refractivity contribution is -0.139. The molecule has 0 aromatic carbocycles. The van der Waals surface area contributed by atoms with Gasteiger partial charge < -0.3 is 4.74 Å². The maximum Gasteiger partial charge on any atom is 0.333 e. The molecule has 0 saturated carbocycles. The summed E-state index contributed by atoms with van der Waals surface area (Å²) in [4.78, 5) is 11.7. The Balaban J connectivity index is 3.23. The van der Waals surface area contributed by atoms with Crippen molar-refractivity contribution in [3.63, 3.8) is 0 Å². The Hall–Kier alpha value is -1.56. The molecule has 0 aliphatic carbocycles. The average Bonchev–Trinajstić information content (AvgIpc) is 2.70. The average molecular weight is 390 g/mol. The molecule has 0 aromatic heterocycles. The Morgan fingerprint density at radius 3 is 1.68 bits per heavy atom. The van der Waals surface area contributed by atoms with E-state index < -0.39 is 0 Å². The molecule has 3 heteroatoms. The second-order valence-electron chi connectivity index (χ2n) is 7.78. The van der Waals surface area contributed by atoms with Gasteiger partial charge >= 0.3 is 5.97 Å². The molecule has 0 saturated heterocycles. The molecule has 0 radical (unpaired) electrons. The quantitative estimate of drug-likeness (QED) is 0.0922. The second kappa shape index (κ2) is 21.7. The van der Waals surface area contributed by atoms with Gasteiger partial charge in [-0.05, 0) is 12.8 Å². The molecule has 0 aromatic rings. The van der Waals surface area contributed by atoms with Crippen molar-refractivity contribution < 1.29 is 9.53 Å². The Morgan fingerprint density at radius 1 is 0.821 bits per heavy atom. The fraction of sp³-hybridized carbons (Fsp3) is 0.760. The normalized spacial score (nSPS) is 10.9. The first-order valence-corrected chi connectivity index (χ1v) is 11.6.